The average molecular weight is 320 g/mol. The molecular weight excluding hydrogens is 296 g/mol. The van der Waals surface area contributed by atoms with Crippen molar-refractivity contribution in [3.05, 3.63) is 71.3 Å². The lowest BCUT2D eigenvalue weighted by Gasteiger charge is -2.41. The molecule has 0 aliphatic carbocycles. The molecule has 2 aromatic carbocycles. The lowest BCUT2D eigenvalue weighted by atomic mass is 9.84. The first-order valence-electron chi connectivity index (χ1n) is 8.87. The Hall–Kier alpha value is -2.13. The molecule has 2 aromatic rings. The van der Waals surface area contributed by atoms with Crippen LogP contribution in [0, 0.1) is 11.8 Å². The fourth-order valence-electron chi connectivity index (χ4n) is 3.86. The average Bonchev–Trinajstić information content (AvgIpc) is 2.59. The summed E-state index contributed by atoms with van der Waals surface area (Å²) in [5.74, 6) is 0.860. The van der Waals surface area contributed by atoms with Gasteiger partial charge in [-0.05, 0) is 42.1 Å². The van der Waals surface area contributed by atoms with E-state index < -0.39 is 0 Å². The summed E-state index contributed by atoms with van der Waals surface area (Å²) in [5.41, 5.74) is 3.89. The van der Waals surface area contributed by atoms with Crippen LogP contribution in [0.1, 0.15) is 29.7 Å². The molecule has 1 amide bonds. The van der Waals surface area contributed by atoms with E-state index in [0.29, 0.717) is 11.8 Å². The van der Waals surface area contributed by atoms with E-state index in [1.54, 1.807) is 0 Å². The van der Waals surface area contributed by atoms with Gasteiger partial charge in [-0.15, -0.1) is 0 Å². The van der Waals surface area contributed by atoms with Gasteiger partial charge in [0.15, 0.2) is 0 Å². The van der Waals surface area contributed by atoms with Crippen LogP contribution in [-0.4, -0.2) is 23.9 Å². The number of nitrogens with one attached hydrogen (secondary N) is 1. The molecule has 2 aliphatic rings. The zero-order valence-corrected chi connectivity index (χ0v) is 14.1. The van der Waals surface area contributed by atoms with Crippen LogP contribution in [0.5, 0.6) is 0 Å². The highest BCUT2D eigenvalue weighted by molar-refractivity contribution is 5.80. The Morgan fingerprint density at radius 1 is 1.04 bits per heavy atom. The van der Waals surface area contributed by atoms with E-state index in [0.717, 1.165) is 26.1 Å². The first kappa shape index (κ1) is 15.4. The van der Waals surface area contributed by atoms with E-state index in [2.05, 4.69) is 65.7 Å². The monoisotopic (exact) mass is 320 g/mol. The van der Waals surface area contributed by atoms with E-state index in [1.165, 1.54) is 16.7 Å². The van der Waals surface area contributed by atoms with Crippen LogP contribution in [0.25, 0.3) is 0 Å². The molecule has 1 saturated heterocycles. The zero-order valence-electron chi connectivity index (χ0n) is 14.1. The first-order valence-corrected chi connectivity index (χ1v) is 8.87. The summed E-state index contributed by atoms with van der Waals surface area (Å²) >= 11 is 0. The molecule has 3 nitrogen and oxygen atoms in total. The van der Waals surface area contributed by atoms with Crippen molar-refractivity contribution in [2.24, 2.45) is 11.8 Å². The number of carbonyl (C=O) groups is 1. The summed E-state index contributed by atoms with van der Waals surface area (Å²) in [6.45, 7) is 4.75. The third-order valence-corrected chi connectivity index (χ3v) is 5.63. The summed E-state index contributed by atoms with van der Waals surface area (Å²) in [4.78, 5) is 15.3. The normalized spacial score (nSPS) is 21.7. The highest BCUT2D eigenvalue weighted by atomic mass is 16.2. The summed E-state index contributed by atoms with van der Waals surface area (Å²) in [6, 6.07) is 19.1. The van der Waals surface area contributed by atoms with Crippen LogP contribution in [0.2, 0.25) is 0 Å². The Labute approximate surface area is 143 Å². The molecular formula is C21H24N2O. The molecule has 1 fully saturated rings. The van der Waals surface area contributed by atoms with Crippen molar-refractivity contribution in [1.29, 1.82) is 0 Å². The summed E-state index contributed by atoms with van der Waals surface area (Å²) < 4.78 is 0. The molecule has 0 bridgehead atoms. The number of hydrogen-bond donors (Lipinski definition) is 1. The molecule has 124 valence electrons. The number of fused-ring (bicyclic) bond motifs is 1. The van der Waals surface area contributed by atoms with Gasteiger partial charge in [0, 0.05) is 12.5 Å². The van der Waals surface area contributed by atoms with Gasteiger partial charge in [0.2, 0.25) is 5.91 Å². The highest BCUT2D eigenvalue weighted by Gasteiger charge is 2.37. The quantitative estimate of drug-likeness (QED) is 0.942. The van der Waals surface area contributed by atoms with Crippen molar-refractivity contribution in [3.63, 3.8) is 0 Å². The molecule has 4 rings (SSSR count). The van der Waals surface area contributed by atoms with Crippen LogP contribution < -0.4 is 5.32 Å². The zero-order chi connectivity index (χ0) is 16.5. The van der Waals surface area contributed by atoms with Gasteiger partial charge in [-0.3, -0.25) is 4.79 Å². The van der Waals surface area contributed by atoms with E-state index in [9.17, 15) is 4.79 Å². The van der Waals surface area contributed by atoms with Crippen LogP contribution in [0.4, 0.5) is 0 Å². The highest BCUT2D eigenvalue weighted by Crippen LogP contribution is 2.35. The molecule has 2 aliphatic heterocycles. The maximum absolute atomic E-state index is 13.2. The molecule has 3 heteroatoms. The van der Waals surface area contributed by atoms with E-state index >= 15 is 0 Å². The molecule has 2 heterocycles. The summed E-state index contributed by atoms with van der Waals surface area (Å²) in [5, 5.41) is 3.29. The van der Waals surface area contributed by atoms with Gasteiger partial charge in [0.05, 0.1) is 6.04 Å². The Bertz CT molecular complexity index is 724. The van der Waals surface area contributed by atoms with E-state index in [-0.39, 0.29) is 12.0 Å². The van der Waals surface area contributed by atoms with Crippen LogP contribution in [-0.2, 0) is 17.8 Å². The number of amides is 1. The van der Waals surface area contributed by atoms with Crippen LogP contribution >= 0.6 is 0 Å². The second-order valence-corrected chi connectivity index (χ2v) is 7.07. The molecule has 0 radical (unpaired) electrons. The second-order valence-electron chi connectivity index (χ2n) is 7.07. The molecule has 0 spiro atoms. The Morgan fingerprint density at radius 2 is 1.71 bits per heavy atom. The molecule has 1 N–H and O–H groups in total. The maximum Gasteiger partial charge on any atom is 0.226 e. The van der Waals surface area contributed by atoms with Crippen LogP contribution in [0.3, 0.4) is 0 Å². The van der Waals surface area contributed by atoms with E-state index in [4.69, 9.17) is 0 Å². The molecule has 0 aromatic heterocycles. The van der Waals surface area contributed by atoms with Gasteiger partial charge in [-0.1, -0.05) is 61.5 Å². The smallest absolute Gasteiger partial charge is 0.226 e. The van der Waals surface area contributed by atoms with Crippen molar-refractivity contribution >= 4 is 5.91 Å². The molecule has 2 unspecified atom stereocenters. The minimum Gasteiger partial charge on any atom is -0.331 e. The fraction of sp³-hybridized carbons (Fsp3) is 0.381. The third-order valence-electron chi connectivity index (χ3n) is 5.63. The minimum atomic E-state index is 0.0859. The predicted octanol–water partition coefficient (Wildman–Crippen LogP) is 3.17. The van der Waals surface area contributed by atoms with Gasteiger partial charge in [-0.25, -0.2) is 0 Å². The van der Waals surface area contributed by atoms with Crippen molar-refractivity contribution in [3.8, 4) is 0 Å². The Morgan fingerprint density at radius 3 is 2.38 bits per heavy atom. The minimum absolute atomic E-state index is 0.0859. The predicted molar refractivity (Wildman–Crippen MR) is 95.4 cm³/mol. The van der Waals surface area contributed by atoms with Gasteiger partial charge in [0.25, 0.3) is 0 Å². The van der Waals surface area contributed by atoms with Gasteiger partial charge in [0.1, 0.15) is 0 Å². The van der Waals surface area contributed by atoms with Gasteiger partial charge in [-0.2, -0.15) is 0 Å². The largest absolute Gasteiger partial charge is 0.331 e. The molecule has 24 heavy (non-hydrogen) atoms. The fourth-order valence-corrected chi connectivity index (χ4v) is 3.86. The topological polar surface area (TPSA) is 32.3 Å². The Balaban J connectivity index is 1.67. The van der Waals surface area contributed by atoms with Crippen molar-refractivity contribution in [1.82, 2.24) is 10.2 Å². The number of nitrogens with zero attached hydrogens (tertiary/aromatic N) is 1. The Kier molecular flexibility index (Phi) is 4.11. The van der Waals surface area contributed by atoms with Crippen LogP contribution in [0.15, 0.2) is 54.6 Å². The molecule has 2 atom stereocenters. The second kappa shape index (κ2) is 6.40. The van der Waals surface area contributed by atoms with Crippen molar-refractivity contribution in [2.45, 2.75) is 25.9 Å². The number of carbonyl (C=O) groups excluding carboxylic acids is 1. The van der Waals surface area contributed by atoms with Crippen molar-refractivity contribution in [2.75, 3.05) is 13.1 Å². The SMILES string of the molecule is CC(C(=O)N1Cc2ccccc2CC1c1ccccc1)C1CNC1. The number of benzene rings is 2. The lowest BCUT2D eigenvalue weighted by Crippen LogP contribution is -2.51. The standard InChI is InChI=1S/C21H24N2O/c1-15(19-12-22-13-19)21(24)23-14-18-10-6-5-9-17(18)11-20(23)16-7-3-2-4-8-16/h2-10,15,19-20,22H,11-14H2,1H3. The molecule has 0 saturated carbocycles. The third kappa shape index (κ3) is 2.73. The number of hydrogen-bond acceptors (Lipinski definition) is 2. The first-order chi connectivity index (χ1) is 11.7. The summed E-state index contributed by atoms with van der Waals surface area (Å²) in [7, 11) is 0. The van der Waals surface area contributed by atoms with Crippen molar-refractivity contribution < 1.29 is 4.79 Å². The lowest BCUT2D eigenvalue weighted by molar-refractivity contribution is -0.141. The number of rotatable bonds is 3. The van der Waals surface area contributed by atoms with Gasteiger partial charge < -0.3 is 10.2 Å². The summed E-state index contributed by atoms with van der Waals surface area (Å²) in [6.07, 6.45) is 0.904. The maximum atomic E-state index is 13.2. The van der Waals surface area contributed by atoms with Gasteiger partial charge >= 0.3 is 0 Å². The van der Waals surface area contributed by atoms with E-state index in [1.807, 2.05) is 6.07 Å².